The van der Waals surface area contributed by atoms with Crippen LogP contribution in [0.25, 0.3) is 0 Å². The molecule has 0 heterocycles. The lowest BCUT2D eigenvalue weighted by Crippen LogP contribution is -2.12. The Kier molecular flexibility index (Phi) is 9.39. The first-order valence-corrected chi connectivity index (χ1v) is 2.32. The number of rotatable bonds is 2. The van der Waals surface area contributed by atoms with Crippen LogP contribution in [0.5, 0.6) is 0 Å². The van der Waals surface area contributed by atoms with E-state index in [0.29, 0.717) is 0 Å². The molecule has 0 aromatic carbocycles. The van der Waals surface area contributed by atoms with Crippen molar-refractivity contribution in [3.8, 4) is 0 Å². The van der Waals surface area contributed by atoms with Crippen molar-refractivity contribution >= 4 is 13.3 Å². The van der Waals surface area contributed by atoms with Gasteiger partial charge in [-0.2, -0.15) is 0 Å². The Morgan fingerprint density at radius 2 is 2.00 bits per heavy atom. The van der Waals surface area contributed by atoms with Crippen molar-refractivity contribution in [2.45, 2.75) is 6.92 Å². The average molecular weight is 148 g/mol. The standard InChI is InChI=1S/C2H5BO3.C2H4O2/c1-2-6-3(4)5;1-2(3)4/h2,4-5H,1H2;1H3,(H,3,4). The normalized spacial score (nSPS) is 6.70. The van der Waals surface area contributed by atoms with Crippen LogP contribution in [0.15, 0.2) is 12.8 Å². The highest BCUT2D eigenvalue weighted by Gasteiger charge is 2.04. The van der Waals surface area contributed by atoms with Gasteiger partial charge in [0.1, 0.15) is 0 Å². The van der Waals surface area contributed by atoms with Gasteiger partial charge in [-0.1, -0.05) is 6.58 Å². The number of carboxylic acids is 1. The maximum Gasteiger partial charge on any atom is 0.707 e. The quantitative estimate of drug-likeness (QED) is 0.352. The van der Waals surface area contributed by atoms with Crippen LogP contribution in [0, 0.1) is 0 Å². The van der Waals surface area contributed by atoms with E-state index in [4.69, 9.17) is 19.9 Å². The Bertz CT molecular complexity index is 97.8. The Morgan fingerprint density at radius 1 is 1.70 bits per heavy atom. The third kappa shape index (κ3) is 63.2. The number of carbonyl (C=O) groups is 1. The van der Waals surface area contributed by atoms with Gasteiger partial charge in [-0.25, -0.2) is 0 Å². The molecule has 58 valence electrons. The Hall–Kier alpha value is -1.01. The van der Waals surface area contributed by atoms with Crippen LogP contribution in [-0.2, 0) is 9.45 Å². The second-order valence-corrected chi connectivity index (χ2v) is 1.15. The SMILES string of the molecule is C=COB(O)O.CC(=O)O. The van der Waals surface area contributed by atoms with Gasteiger partial charge in [0.2, 0.25) is 0 Å². The van der Waals surface area contributed by atoms with Crippen LogP contribution in [0.4, 0.5) is 0 Å². The summed E-state index contributed by atoms with van der Waals surface area (Å²) >= 11 is 0. The Labute approximate surface area is 58.7 Å². The smallest absolute Gasteiger partial charge is 0.519 e. The summed E-state index contributed by atoms with van der Waals surface area (Å²) in [4.78, 5) is 9.00. The van der Waals surface area contributed by atoms with Gasteiger partial charge >= 0.3 is 7.32 Å². The summed E-state index contributed by atoms with van der Waals surface area (Å²) in [5.74, 6) is -0.833. The molecular formula is C4H9BO5. The molecule has 0 bridgehead atoms. The summed E-state index contributed by atoms with van der Waals surface area (Å²) < 4.78 is 3.92. The average Bonchev–Trinajstić information content (AvgIpc) is 1.62. The molecule has 0 aromatic heterocycles. The molecule has 3 N–H and O–H groups in total. The molecule has 0 aromatic rings. The maximum atomic E-state index is 9.00. The summed E-state index contributed by atoms with van der Waals surface area (Å²) in [7, 11) is -1.72. The minimum atomic E-state index is -1.72. The summed E-state index contributed by atoms with van der Waals surface area (Å²) in [6.07, 6.45) is 0.949. The topological polar surface area (TPSA) is 87.0 Å². The number of aliphatic carboxylic acids is 1. The Morgan fingerprint density at radius 3 is 2.00 bits per heavy atom. The van der Waals surface area contributed by atoms with Crippen molar-refractivity contribution in [3.05, 3.63) is 12.8 Å². The number of hydrogen-bond donors (Lipinski definition) is 3. The van der Waals surface area contributed by atoms with E-state index in [1.54, 1.807) is 0 Å². The fourth-order valence-corrected chi connectivity index (χ4v) is 0.0861. The monoisotopic (exact) mass is 148 g/mol. The van der Waals surface area contributed by atoms with Crippen LogP contribution in [-0.4, -0.2) is 28.4 Å². The van der Waals surface area contributed by atoms with E-state index in [1.807, 2.05) is 0 Å². The second kappa shape index (κ2) is 7.99. The Balaban J connectivity index is 0. The number of hydrogen-bond acceptors (Lipinski definition) is 4. The third-order valence-electron chi connectivity index (χ3n) is 0.218. The molecule has 6 heteroatoms. The van der Waals surface area contributed by atoms with Gasteiger partial charge in [0.25, 0.3) is 5.97 Å². The van der Waals surface area contributed by atoms with Gasteiger partial charge in [0, 0.05) is 6.92 Å². The molecule has 5 nitrogen and oxygen atoms in total. The van der Waals surface area contributed by atoms with E-state index < -0.39 is 13.3 Å². The van der Waals surface area contributed by atoms with Crippen molar-refractivity contribution in [2.75, 3.05) is 0 Å². The zero-order chi connectivity index (χ0) is 8.57. The molecule has 0 aliphatic heterocycles. The van der Waals surface area contributed by atoms with E-state index in [-0.39, 0.29) is 0 Å². The van der Waals surface area contributed by atoms with E-state index >= 15 is 0 Å². The van der Waals surface area contributed by atoms with E-state index in [9.17, 15) is 0 Å². The van der Waals surface area contributed by atoms with Gasteiger partial charge in [-0.15, -0.1) is 0 Å². The molecule has 0 amide bonds. The summed E-state index contributed by atoms with van der Waals surface area (Å²) in [5.41, 5.74) is 0. The van der Waals surface area contributed by atoms with Gasteiger partial charge in [-0.3, -0.25) is 4.79 Å². The van der Waals surface area contributed by atoms with Crippen LogP contribution >= 0.6 is 0 Å². The molecule has 0 fully saturated rings. The molecule has 0 saturated heterocycles. The van der Waals surface area contributed by atoms with Crippen molar-refractivity contribution in [1.82, 2.24) is 0 Å². The van der Waals surface area contributed by atoms with Crippen molar-refractivity contribution in [1.29, 1.82) is 0 Å². The molecule has 0 unspecified atom stereocenters. The van der Waals surface area contributed by atoms with Crippen molar-refractivity contribution < 1.29 is 24.6 Å². The zero-order valence-electron chi connectivity index (χ0n) is 5.52. The molecule has 0 rings (SSSR count). The highest BCUT2D eigenvalue weighted by Crippen LogP contribution is 1.70. The first-order valence-electron chi connectivity index (χ1n) is 2.32. The molecule has 0 aliphatic rings. The van der Waals surface area contributed by atoms with Crippen LogP contribution in [0.2, 0.25) is 0 Å². The van der Waals surface area contributed by atoms with Gasteiger partial charge in [0.15, 0.2) is 0 Å². The predicted octanol–water partition coefficient (Wildman–Crippen LogP) is -0.793. The molecule has 0 aliphatic carbocycles. The highest BCUT2D eigenvalue weighted by atomic mass is 16.6. The van der Waals surface area contributed by atoms with Gasteiger partial charge < -0.3 is 19.8 Å². The first-order chi connectivity index (χ1) is 4.50. The van der Waals surface area contributed by atoms with Gasteiger partial charge in [-0.05, 0) is 0 Å². The molecule has 10 heavy (non-hydrogen) atoms. The van der Waals surface area contributed by atoms with Crippen molar-refractivity contribution in [2.24, 2.45) is 0 Å². The minimum absolute atomic E-state index is 0.833. The van der Waals surface area contributed by atoms with E-state index in [1.165, 1.54) is 0 Å². The lowest BCUT2D eigenvalue weighted by Gasteiger charge is -1.90. The minimum Gasteiger partial charge on any atom is -0.519 e. The summed E-state index contributed by atoms with van der Waals surface area (Å²) in [6.45, 7) is 4.14. The largest absolute Gasteiger partial charge is 0.707 e. The number of carboxylic acid groups (broad SMARTS) is 1. The molecule has 0 saturated carbocycles. The van der Waals surface area contributed by atoms with Crippen LogP contribution in [0.1, 0.15) is 6.92 Å². The van der Waals surface area contributed by atoms with Crippen molar-refractivity contribution in [3.63, 3.8) is 0 Å². The van der Waals surface area contributed by atoms with Crippen LogP contribution < -0.4 is 0 Å². The fourth-order valence-electron chi connectivity index (χ4n) is 0.0861. The summed E-state index contributed by atoms with van der Waals surface area (Å²) in [5, 5.41) is 23.0. The molecular weight excluding hydrogens is 139 g/mol. The predicted molar refractivity (Wildman–Crippen MR) is 34.8 cm³/mol. The maximum absolute atomic E-state index is 9.00. The zero-order valence-corrected chi connectivity index (χ0v) is 5.52. The van der Waals surface area contributed by atoms with E-state index in [0.717, 1.165) is 13.2 Å². The fraction of sp³-hybridized carbons (Fsp3) is 0.250. The third-order valence-corrected chi connectivity index (χ3v) is 0.218. The molecule has 0 radical (unpaired) electrons. The summed E-state index contributed by atoms with van der Waals surface area (Å²) in [6, 6.07) is 0. The molecule has 0 spiro atoms. The lowest BCUT2D eigenvalue weighted by atomic mass is 10.3. The highest BCUT2D eigenvalue weighted by molar-refractivity contribution is 6.32. The first kappa shape index (κ1) is 11.8. The lowest BCUT2D eigenvalue weighted by molar-refractivity contribution is -0.134. The van der Waals surface area contributed by atoms with Crippen LogP contribution in [0.3, 0.4) is 0 Å². The van der Waals surface area contributed by atoms with Gasteiger partial charge in [0.05, 0.1) is 6.26 Å². The second-order valence-electron chi connectivity index (χ2n) is 1.15. The van der Waals surface area contributed by atoms with E-state index in [2.05, 4.69) is 11.2 Å². The molecule has 0 atom stereocenters.